The standard InChI is InChI=1S/C23H19N9O3/c1-31-11-8-23(34,21(31)33)18-12-17(30-35-18)15-5-2-4-14(27-15)16-7-10-24-22(28-16)29-20-13-25-19-6-3-9-26-32(19)20/h2-7,9-10,12-13,34H,8,11H2,1H3,(H,24,28,29)/t23-/m1/s1. The van der Waals surface area contributed by atoms with Crippen LogP contribution in [0.2, 0.25) is 0 Å². The summed E-state index contributed by atoms with van der Waals surface area (Å²) in [6.45, 7) is 0.439. The predicted molar refractivity (Wildman–Crippen MR) is 123 cm³/mol. The van der Waals surface area contributed by atoms with Gasteiger partial charge < -0.3 is 19.8 Å². The smallest absolute Gasteiger partial charge is 0.262 e. The van der Waals surface area contributed by atoms with Gasteiger partial charge >= 0.3 is 0 Å². The fourth-order valence-corrected chi connectivity index (χ4v) is 3.98. The van der Waals surface area contributed by atoms with Gasteiger partial charge in [0.1, 0.15) is 5.69 Å². The Morgan fingerprint density at radius 2 is 1.86 bits per heavy atom. The number of anilines is 2. The Morgan fingerprint density at radius 3 is 2.69 bits per heavy atom. The van der Waals surface area contributed by atoms with Gasteiger partial charge in [-0.25, -0.2) is 19.9 Å². The van der Waals surface area contributed by atoms with Crippen LogP contribution >= 0.6 is 0 Å². The summed E-state index contributed by atoms with van der Waals surface area (Å²) in [5.74, 6) is 0.671. The Kier molecular flexibility index (Phi) is 4.74. The fourth-order valence-electron chi connectivity index (χ4n) is 3.98. The molecule has 0 spiro atoms. The minimum Gasteiger partial charge on any atom is -0.373 e. The van der Waals surface area contributed by atoms with Crippen molar-refractivity contribution in [2.24, 2.45) is 0 Å². The molecule has 0 saturated carbocycles. The van der Waals surface area contributed by atoms with Crippen LogP contribution in [0.5, 0.6) is 0 Å². The lowest BCUT2D eigenvalue weighted by Gasteiger charge is -2.16. The number of imidazole rings is 1. The largest absolute Gasteiger partial charge is 0.373 e. The van der Waals surface area contributed by atoms with E-state index in [4.69, 9.17) is 4.52 Å². The predicted octanol–water partition coefficient (Wildman–Crippen LogP) is 2.03. The lowest BCUT2D eigenvalue weighted by atomic mass is 9.98. The van der Waals surface area contributed by atoms with Crippen LogP contribution in [0.4, 0.5) is 11.8 Å². The second-order valence-electron chi connectivity index (χ2n) is 8.15. The first-order chi connectivity index (χ1) is 17.0. The zero-order chi connectivity index (χ0) is 24.0. The van der Waals surface area contributed by atoms with Crippen LogP contribution < -0.4 is 5.32 Å². The van der Waals surface area contributed by atoms with Gasteiger partial charge in [-0.1, -0.05) is 11.2 Å². The van der Waals surface area contributed by atoms with Gasteiger partial charge in [0, 0.05) is 38.5 Å². The molecule has 35 heavy (non-hydrogen) atoms. The fraction of sp³-hybridized carbons (Fsp3) is 0.174. The van der Waals surface area contributed by atoms with Gasteiger partial charge in [0.15, 0.2) is 17.2 Å². The summed E-state index contributed by atoms with van der Waals surface area (Å²) < 4.78 is 7.00. The molecular formula is C23H19N9O3. The van der Waals surface area contributed by atoms with Gasteiger partial charge in [0.25, 0.3) is 5.91 Å². The molecule has 2 N–H and O–H groups in total. The molecule has 0 aromatic carbocycles. The maximum atomic E-state index is 12.4. The van der Waals surface area contributed by atoms with E-state index < -0.39 is 11.5 Å². The molecule has 12 nitrogen and oxygen atoms in total. The van der Waals surface area contributed by atoms with E-state index in [0.717, 1.165) is 0 Å². The Labute approximate surface area is 198 Å². The minimum atomic E-state index is -1.71. The number of hydrogen-bond donors (Lipinski definition) is 2. The number of likely N-dealkylation sites (tertiary alicyclic amines) is 1. The number of amides is 1. The molecule has 0 unspecified atom stereocenters. The molecule has 6 heterocycles. The van der Waals surface area contributed by atoms with Crippen LogP contribution in [0.1, 0.15) is 12.2 Å². The number of aromatic nitrogens is 7. The summed E-state index contributed by atoms with van der Waals surface area (Å²) in [6.07, 6.45) is 5.19. The first-order valence-electron chi connectivity index (χ1n) is 10.8. The second-order valence-corrected chi connectivity index (χ2v) is 8.15. The number of nitrogens with one attached hydrogen (secondary N) is 1. The summed E-state index contributed by atoms with van der Waals surface area (Å²) in [5, 5.41) is 22.3. The van der Waals surface area contributed by atoms with Gasteiger partial charge in [-0.2, -0.15) is 9.61 Å². The van der Waals surface area contributed by atoms with Crippen LogP contribution in [0.25, 0.3) is 28.4 Å². The summed E-state index contributed by atoms with van der Waals surface area (Å²) in [6, 6.07) is 12.3. The highest BCUT2D eigenvalue weighted by molar-refractivity contribution is 5.87. The molecule has 0 radical (unpaired) electrons. The number of aliphatic hydroxyl groups is 1. The Morgan fingerprint density at radius 1 is 1.03 bits per heavy atom. The highest BCUT2D eigenvalue weighted by atomic mass is 16.5. The highest BCUT2D eigenvalue weighted by Crippen LogP contribution is 2.34. The minimum absolute atomic E-state index is 0.101. The summed E-state index contributed by atoms with van der Waals surface area (Å²) in [7, 11) is 1.64. The number of fused-ring (bicyclic) bond motifs is 1. The first kappa shape index (κ1) is 20.9. The van der Waals surface area contributed by atoms with Crippen LogP contribution in [0.3, 0.4) is 0 Å². The zero-order valence-electron chi connectivity index (χ0n) is 18.5. The lowest BCUT2D eigenvalue weighted by Crippen LogP contribution is -2.35. The highest BCUT2D eigenvalue weighted by Gasteiger charge is 2.48. The van der Waals surface area contributed by atoms with Crippen LogP contribution in [0, 0.1) is 0 Å². The van der Waals surface area contributed by atoms with Crippen molar-refractivity contribution < 1.29 is 14.4 Å². The first-order valence-corrected chi connectivity index (χ1v) is 10.8. The Bertz CT molecular complexity index is 1560. The molecule has 1 saturated heterocycles. The third-order valence-corrected chi connectivity index (χ3v) is 5.87. The van der Waals surface area contributed by atoms with Gasteiger partial charge in [-0.15, -0.1) is 0 Å². The van der Waals surface area contributed by atoms with E-state index in [2.05, 4.69) is 35.5 Å². The van der Waals surface area contributed by atoms with Gasteiger partial charge in [-0.3, -0.25) is 4.79 Å². The molecular weight excluding hydrogens is 450 g/mol. The molecule has 0 bridgehead atoms. The number of nitrogens with zero attached hydrogens (tertiary/aromatic N) is 8. The van der Waals surface area contributed by atoms with Gasteiger partial charge in [0.2, 0.25) is 11.5 Å². The van der Waals surface area contributed by atoms with Crippen molar-refractivity contribution in [3.8, 4) is 22.8 Å². The van der Waals surface area contributed by atoms with Gasteiger partial charge in [0.05, 0.1) is 23.3 Å². The van der Waals surface area contributed by atoms with Crippen molar-refractivity contribution in [1.82, 2.24) is 39.6 Å². The van der Waals surface area contributed by atoms with E-state index in [-0.39, 0.29) is 12.2 Å². The Hall–Kier alpha value is -4.71. The lowest BCUT2D eigenvalue weighted by molar-refractivity contribution is -0.144. The third-order valence-electron chi connectivity index (χ3n) is 5.87. The van der Waals surface area contributed by atoms with Crippen LogP contribution in [-0.4, -0.2) is 64.2 Å². The maximum Gasteiger partial charge on any atom is 0.262 e. The number of likely N-dealkylation sites (N-methyl/N-ethyl adjacent to an activating group) is 1. The monoisotopic (exact) mass is 469 g/mol. The molecule has 1 aliphatic heterocycles. The van der Waals surface area contributed by atoms with E-state index in [0.29, 0.717) is 46.7 Å². The molecule has 5 aromatic heterocycles. The van der Waals surface area contributed by atoms with E-state index in [1.807, 2.05) is 24.3 Å². The number of pyridine rings is 1. The normalized spacial score (nSPS) is 17.9. The van der Waals surface area contributed by atoms with Crippen LogP contribution in [-0.2, 0) is 10.4 Å². The molecule has 5 aromatic rings. The molecule has 1 amide bonds. The van der Waals surface area contributed by atoms with Crippen molar-refractivity contribution in [1.29, 1.82) is 0 Å². The maximum absolute atomic E-state index is 12.4. The average Bonchev–Trinajstić information content (AvgIpc) is 3.61. The third kappa shape index (κ3) is 3.56. The van der Waals surface area contributed by atoms with Crippen molar-refractivity contribution >= 4 is 23.3 Å². The SMILES string of the molecule is CN1CC[C@@](O)(c2cc(-c3cccc(-c4ccnc(Nc5cnc6cccnn56)n4)n3)no2)C1=O. The quantitative estimate of drug-likeness (QED) is 0.392. The Balaban J connectivity index is 1.28. The summed E-state index contributed by atoms with van der Waals surface area (Å²) in [5.41, 5.74) is 1.08. The van der Waals surface area contributed by atoms with Crippen molar-refractivity contribution in [3.05, 3.63) is 66.8 Å². The number of rotatable bonds is 5. The molecule has 174 valence electrons. The van der Waals surface area contributed by atoms with E-state index in [1.165, 1.54) is 4.90 Å². The molecule has 1 aliphatic rings. The van der Waals surface area contributed by atoms with E-state index in [9.17, 15) is 9.90 Å². The van der Waals surface area contributed by atoms with Gasteiger partial charge in [-0.05, 0) is 30.3 Å². The average molecular weight is 469 g/mol. The van der Waals surface area contributed by atoms with Crippen LogP contribution in [0.15, 0.2) is 65.6 Å². The second kappa shape index (κ2) is 7.95. The molecule has 0 aliphatic carbocycles. The number of carbonyl (C=O) groups is 1. The molecule has 1 atom stereocenters. The molecule has 1 fully saturated rings. The number of hydrogen-bond acceptors (Lipinski definition) is 10. The topological polar surface area (TPSA) is 147 Å². The van der Waals surface area contributed by atoms with Crippen molar-refractivity contribution in [2.75, 3.05) is 18.9 Å². The summed E-state index contributed by atoms with van der Waals surface area (Å²) in [4.78, 5) is 31.6. The van der Waals surface area contributed by atoms with Crippen molar-refractivity contribution in [3.63, 3.8) is 0 Å². The van der Waals surface area contributed by atoms with Crippen molar-refractivity contribution in [2.45, 2.75) is 12.0 Å². The molecule has 6 rings (SSSR count). The number of carbonyl (C=O) groups excluding carboxylic acids is 1. The van der Waals surface area contributed by atoms with E-state index >= 15 is 0 Å². The zero-order valence-corrected chi connectivity index (χ0v) is 18.5. The van der Waals surface area contributed by atoms with E-state index in [1.54, 1.807) is 48.4 Å². The summed E-state index contributed by atoms with van der Waals surface area (Å²) >= 11 is 0. The molecule has 12 heteroatoms.